The number of benzene rings is 2. The largest absolute Gasteiger partial charge is 0.480 e. The Labute approximate surface area is 142 Å². The van der Waals surface area contributed by atoms with E-state index in [1.54, 1.807) is 24.3 Å². The highest BCUT2D eigenvalue weighted by molar-refractivity contribution is 6.22. The number of carboxylic acid groups (broad SMARTS) is 1. The highest BCUT2D eigenvalue weighted by Crippen LogP contribution is 2.26. The highest BCUT2D eigenvalue weighted by atomic mass is 16.4. The second-order valence-corrected chi connectivity index (χ2v) is 5.65. The molecule has 0 bridgehead atoms. The maximum Gasteiger partial charge on any atom is 0.327 e. The molecule has 0 aromatic heterocycles. The minimum absolute atomic E-state index is 0.0696. The van der Waals surface area contributed by atoms with Gasteiger partial charge in [-0.25, -0.2) is 4.79 Å². The van der Waals surface area contributed by atoms with E-state index in [9.17, 15) is 24.3 Å². The van der Waals surface area contributed by atoms with Crippen LogP contribution in [0.2, 0.25) is 0 Å². The maximum atomic E-state index is 12.5. The number of hydrogen-bond acceptors (Lipinski definition) is 4. The molecule has 3 rings (SSSR count). The first-order valence-electron chi connectivity index (χ1n) is 7.48. The summed E-state index contributed by atoms with van der Waals surface area (Å²) in [4.78, 5) is 48.5. The zero-order chi connectivity index (χ0) is 18.1. The van der Waals surface area contributed by atoms with Gasteiger partial charge >= 0.3 is 5.97 Å². The number of carboxylic acids is 1. The Morgan fingerprint density at radius 1 is 0.960 bits per heavy atom. The lowest BCUT2D eigenvalue weighted by atomic mass is 10.0. The number of rotatable bonds is 5. The molecule has 0 spiro atoms. The summed E-state index contributed by atoms with van der Waals surface area (Å²) in [7, 11) is 0. The first-order valence-corrected chi connectivity index (χ1v) is 7.48. The zero-order valence-electron chi connectivity index (χ0n) is 13.0. The van der Waals surface area contributed by atoms with E-state index in [1.165, 1.54) is 24.3 Å². The van der Waals surface area contributed by atoms with Crippen LogP contribution in [0, 0.1) is 0 Å². The molecule has 0 aliphatic carbocycles. The average Bonchev–Trinajstić information content (AvgIpc) is 2.84. The monoisotopic (exact) mass is 338 g/mol. The molecule has 1 atom stereocenters. The Hall–Kier alpha value is -3.48. The van der Waals surface area contributed by atoms with Gasteiger partial charge in [-0.05, 0) is 29.8 Å². The van der Waals surface area contributed by atoms with E-state index >= 15 is 0 Å². The summed E-state index contributed by atoms with van der Waals surface area (Å²) < 4.78 is 0. The summed E-state index contributed by atoms with van der Waals surface area (Å²) in [6.45, 7) is 0. The van der Waals surface area contributed by atoms with Gasteiger partial charge in [0.15, 0.2) is 0 Å². The van der Waals surface area contributed by atoms with Crippen molar-refractivity contribution in [3.8, 4) is 0 Å². The number of amides is 3. The van der Waals surface area contributed by atoms with Gasteiger partial charge in [-0.1, -0.05) is 24.3 Å². The Bertz CT molecular complexity index is 854. The predicted molar refractivity (Wildman–Crippen MR) is 87.0 cm³/mol. The molecular formula is C18H14N2O5. The molecule has 7 nitrogen and oxygen atoms in total. The summed E-state index contributed by atoms with van der Waals surface area (Å²) in [6, 6.07) is 10.9. The maximum absolute atomic E-state index is 12.5. The number of aliphatic carboxylic acids is 1. The van der Waals surface area contributed by atoms with E-state index in [0.29, 0.717) is 5.56 Å². The number of nitrogens with zero attached hydrogens (tertiary/aromatic N) is 1. The van der Waals surface area contributed by atoms with Crippen molar-refractivity contribution in [3.05, 3.63) is 70.8 Å². The van der Waals surface area contributed by atoms with Crippen molar-refractivity contribution in [2.75, 3.05) is 0 Å². The van der Waals surface area contributed by atoms with Crippen molar-refractivity contribution in [3.63, 3.8) is 0 Å². The number of hydrogen-bond donors (Lipinski definition) is 2. The van der Waals surface area contributed by atoms with E-state index in [2.05, 4.69) is 0 Å². The third-order valence-corrected chi connectivity index (χ3v) is 4.09. The lowest BCUT2D eigenvalue weighted by molar-refractivity contribution is -0.141. The number of fused-ring (bicyclic) bond motifs is 1. The number of carbonyl (C=O) groups excluding carboxylic acids is 3. The molecule has 1 aliphatic rings. The van der Waals surface area contributed by atoms with Crippen LogP contribution >= 0.6 is 0 Å². The lowest BCUT2D eigenvalue weighted by Crippen LogP contribution is -2.46. The second-order valence-electron chi connectivity index (χ2n) is 5.65. The normalized spacial score (nSPS) is 14.3. The topological polar surface area (TPSA) is 118 Å². The van der Waals surface area contributed by atoms with Crippen LogP contribution in [0.15, 0.2) is 48.5 Å². The van der Waals surface area contributed by atoms with Gasteiger partial charge < -0.3 is 10.8 Å². The van der Waals surface area contributed by atoms with Crippen LogP contribution in [0.25, 0.3) is 0 Å². The molecule has 1 aliphatic heterocycles. The summed E-state index contributed by atoms with van der Waals surface area (Å²) in [5, 5.41) is 9.53. The number of carbonyl (C=O) groups is 4. The molecule has 2 aromatic rings. The smallest absolute Gasteiger partial charge is 0.327 e. The molecular weight excluding hydrogens is 324 g/mol. The van der Waals surface area contributed by atoms with Crippen LogP contribution in [-0.2, 0) is 11.2 Å². The molecule has 1 unspecified atom stereocenters. The Morgan fingerprint density at radius 2 is 1.48 bits per heavy atom. The fraction of sp³-hybridized carbons (Fsp3) is 0.111. The van der Waals surface area contributed by atoms with Crippen LogP contribution in [0.1, 0.15) is 36.6 Å². The SMILES string of the molecule is NC(=O)c1ccc(CC(C(=O)O)N2C(=O)c3ccccc3C2=O)cc1. The van der Waals surface area contributed by atoms with Gasteiger partial charge in [-0.3, -0.25) is 19.3 Å². The van der Waals surface area contributed by atoms with Crippen LogP contribution < -0.4 is 5.73 Å². The summed E-state index contributed by atoms with van der Waals surface area (Å²) in [5.74, 6) is -3.13. The molecule has 1 heterocycles. The van der Waals surface area contributed by atoms with Crippen molar-refractivity contribution >= 4 is 23.7 Å². The number of imide groups is 1. The summed E-state index contributed by atoms with van der Waals surface area (Å²) in [5.41, 5.74) is 6.41. The zero-order valence-corrected chi connectivity index (χ0v) is 13.0. The Morgan fingerprint density at radius 3 is 1.92 bits per heavy atom. The predicted octanol–water partition coefficient (Wildman–Crippen LogP) is 1.08. The third-order valence-electron chi connectivity index (χ3n) is 4.09. The minimum atomic E-state index is -1.34. The molecule has 2 aromatic carbocycles. The molecule has 7 heteroatoms. The van der Waals surface area contributed by atoms with Gasteiger partial charge in [0.05, 0.1) is 11.1 Å². The summed E-state index contributed by atoms with van der Waals surface area (Å²) >= 11 is 0. The molecule has 0 radical (unpaired) electrons. The van der Waals surface area contributed by atoms with Crippen LogP contribution in [0.5, 0.6) is 0 Å². The van der Waals surface area contributed by atoms with Gasteiger partial charge in [0.2, 0.25) is 5.91 Å². The number of nitrogens with two attached hydrogens (primary N) is 1. The number of primary amides is 1. The van der Waals surface area contributed by atoms with E-state index < -0.39 is 29.7 Å². The van der Waals surface area contributed by atoms with E-state index in [-0.39, 0.29) is 23.1 Å². The second kappa shape index (κ2) is 6.20. The van der Waals surface area contributed by atoms with Crippen molar-refractivity contribution in [2.45, 2.75) is 12.5 Å². The van der Waals surface area contributed by atoms with Gasteiger partial charge in [0.1, 0.15) is 6.04 Å². The molecule has 0 saturated carbocycles. The standard InChI is InChI=1S/C18H14N2O5/c19-15(21)11-7-5-10(6-8-11)9-14(18(24)25)20-16(22)12-3-1-2-4-13(12)17(20)23/h1-8,14H,9H2,(H2,19,21)(H,24,25). The Kier molecular flexibility index (Phi) is 4.06. The minimum Gasteiger partial charge on any atom is -0.480 e. The van der Waals surface area contributed by atoms with Crippen LogP contribution in [-0.4, -0.2) is 39.7 Å². The molecule has 25 heavy (non-hydrogen) atoms. The third kappa shape index (κ3) is 2.87. The summed E-state index contributed by atoms with van der Waals surface area (Å²) in [6.07, 6.45) is -0.0696. The quantitative estimate of drug-likeness (QED) is 0.791. The van der Waals surface area contributed by atoms with Gasteiger partial charge in [-0.2, -0.15) is 0 Å². The van der Waals surface area contributed by atoms with E-state index in [0.717, 1.165) is 4.90 Å². The molecule has 3 N–H and O–H groups in total. The molecule has 126 valence electrons. The Balaban J connectivity index is 1.90. The lowest BCUT2D eigenvalue weighted by Gasteiger charge is -2.22. The van der Waals surface area contributed by atoms with Gasteiger partial charge in [-0.15, -0.1) is 0 Å². The van der Waals surface area contributed by atoms with Crippen LogP contribution in [0.4, 0.5) is 0 Å². The first kappa shape index (κ1) is 16.4. The first-order chi connectivity index (χ1) is 11.9. The molecule has 0 saturated heterocycles. The van der Waals surface area contributed by atoms with E-state index in [1.807, 2.05) is 0 Å². The van der Waals surface area contributed by atoms with Crippen LogP contribution in [0.3, 0.4) is 0 Å². The van der Waals surface area contributed by atoms with Gasteiger partial charge in [0.25, 0.3) is 11.8 Å². The fourth-order valence-electron chi connectivity index (χ4n) is 2.81. The highest BCUT2D eigenvalue weighted by Gasteiger charge is 2.42. The fourth-order valence-corrected chi connectivity index (χ4v) is 2.81. The van der Waals surface area contributed by atoms with E-state index in [4.69, 9.17) is 5.73 Å². The van der Waals surface area contributed by atoms with Crippen molar-refractivity contribution in [1.82, 2.24) is 4.90 Å². The molecule has 0 fully saturated rings. The van der Waals surface area contributed by atoms with Crippen molar-refractivity contribution < 1.29 is 24.3 Å². The van der Waals surface area contributed by atoms with Gasteiger partial charge in [0, 0.05) is 12.0 Å². The van der Waals surface area contributed by atoms with Crippen molar-refractivity contribution in [1.29, 1.82) is 0 Å². The average molecular weight is 338 g/mol. The molecule has 3 amide bonds. The van der Waals surface area contributed by atoms with Crippen molar-refractivity contribution in [2.24, 2.45) is 5.73 Å².